The highest BCUT2D eigenvalue weighted by atomic mass is 32.1. The fourth-order valence-corrected chi connectivity index (χ4v) is 2.92. The summed E-state index contributed by atoms with van der Waals surface area (Å²) >= 11 is 5.26. The highest BCUT2D eigenvalue weighted by Gasteiger charge is 2.09. The van der Waals surface area contributed by atoms with Crippen molar-refractivity contribution in [3.05, 3.63) is 77.4 Å². The summed E-state index contributed by atoms with van der Waals surface area (Å²) in [5.41, 5.74) is 3.55. The predicted molar refractivity (Wildman–Crippen MR) is 104 cm³/mol. The van der Waals surface area contributed by atoms with Crippen molar-refractivity contribution >= 4 is 39.7 Å². The first-order valence-corrected chi connectivity index (χ1v) is 8.11. The van der Waals surface area contributed by atoms with Gasteiger partial charge in [0, 0.05) is 11.3 Å². The van der Waals surface area contributed by atoms with Crippen LogP contribution >= 0.6 is 12.2 Å². The van der Waals surface area contributed by atoms with Crippen LogP contribution < -0.4 is 10.6 Å². The van der Waals surface area contributed by atoms with Gasteiger partial charge in [0.1, 0.15) is 0 Å². The molecule has 0 spiro atoms. The van der Waals surface area contributed by atoms with Crippen LogP contribution in [0.5, 0.6) is 0 Å². The third kappa shape index (κ3) is 3.78. The molecule has 3 rings (SSSR count). The van der Waals surface area contributed by atoms with Crippen LogP contribution in [0.15, 0.2) is 60.7 Å². The lowest BCUT2D eigenvalue weighted by Crippen LogP contribution is -2.34. The van der Waals surface area contributed by atoms with Crippen LogP contribution in [0.3, 0.4) is 0 Å². The average Bonchev–Trinajstić information content (AvgIpc) is 2.53. The third-order valence-electron chi connectivity index (χ3n) is 3.72. The molecule has 0 aliphatic rings. The second-order valence-corrected chi connectivity index (χ2v) is 6.25. The van der Waals surface area contributed by atoms with Crippen molar-refractivity contribution in [3.63, 3.8) is 0 Å². The molecule has 0 aliphatic heterocycles. The number of hydrogen-bond acceptors (Lipinski definition) is 2. The molecule has 0 aliphatic carbocycles. The van der Waals surface area contributed by atoms with E-state index in [1.165, 1.54) is 0 Å². The predicted octanol–water partition coefficient (Wildman–Crippen LogP) is 4.58. The maximum atomic E-state index is 12.3. The van der Waals surface area contributed by atoms with Crippen LogP contribution in [0.4, 0.5) is 5.69 Å². The van der Waals surface area contributed by atoms with Gasteiger partial charge in [0.2, 0.25) is 0 Å². The van der Waals surface area contributed by atoms with Gasteiger partial charge < -0.3 is 5.32 Å². The van der Waals surface area contributed by atoms with Gasteiger partial charge >= 0.3 is 0 Å². The summed E-state index contributed by atoms with van der Waals surface area (Å²) in [7, 11) is 0. The van der Waals surface area contributed by atoms with E-state index in [0.717, 1.165) is 27.6 Å². The molecule has 120 valence electrons. The van der Waals surface area contributed by atoms with Crippen molar-refractivity contribution in [2.45, 2.75) is 13.8 Å². The number of benzene rings is 3. The van der Waals surface area contributed by atoms with Gasteiger partial charge in [-0.3, -0.25) is 10.1 Å². The Labute approximate surface area is 146 Å². The van der Waals surface area contributed by atoms with E-state index >= 15 is 0 Å². The lowest BCUT2D eigenvalue weighted by atomic mass is 10.1. The SMILES string of the molecule is Cc1cc(C)cc(C(=O)NC(=S)Nc2ccc3ccccc3c2)c1. The van der Waals surface area contributed by atoms with Crippen LogP contribution in [-0.4, -0.2) is 11.0 Å². The third-order valence-corrected chi connectivity index (χ3v) is 3.92. The number of aryl methyl sites for hydroxylation is 2. The Balaban J connectivity index is 1.71. The normalized spacial score (nSPS) is 10.4. The Morgan fingerprint density at radius 1 is 0.875 bits per heavy atom. The highest BCUT2D eigenvalue weighted by molar-refractivity contribution is 7.80. The number of amides is 1. The van der Waals surface area contributed by atoms with Gasteiger partial charge in [-0.1, -0.05) is 47.5 Å². The summed E-state index contributed by atoms with van der Waals surface area (Å²) in [5, 5.41) is 8.36. The summed E-state index contributed by atoms with van der Waals surface area (Å²) < 4.78 is 0. The standard InChI is InChI=1S/C20H18N2OS/c1-13-9-14(2)11-17(10-13)19(23)22-20(24)21-18-8-7-15-5-3-4-6-16(15)12-18/h3-12H,1-2H3,(H2,21,22,23,24). The van der Waals surface area contributed by atoms with Crippen LogP contribution in [0, 0.1) is 13.8 Å². The fraction of sp³-hybridized carbons (Fsp3) is 0.100. The topological polar surface area (TPSA) is 41.1 Å². The van der Waals surface area contributed by atoms with Gasteiger partial charge in [0.15, 0.2) is 5.11 Å². The summed E-state index contributed by atoms with van der Waals surface area (Å²) in [6.07, 6.45) is 0. The molecule has 3 aromatic rings. The summed E-state index contributed by atoms with van der Waals surface area (Å²) in [6.45, 7) is 3.94. The van der Waals surface area contributed by atoms with Crippen LogP contribution in [0.25, 0.3) is 10.8 Å². The van der Waals surface area contributed by atoms with Gasteiger partial charge in [-0.05, 0) is 61.1 Å². The molecule has 0 saturated carbocycles. The molecule has 1 amide bonds. The van der Waals surface area contributed by atoms with E-state index in [1.807, 2.05) is 68.4 Å². The van der Waals surface area contributed by atoms with Crippen LogP contribution in [0.1, 0.15) is 21.5 Å². The number of thiocarbonyl (C=S) groups is 1. The minimum absolute atomic E-state index is 0.208. The van der Waals surface area contributed by atoms with E-state index in [-0.39, 0.29) is 11.0 Å². The van der Waals surface area contributed by atoms with Crippen LogP contribution in [-0.2, 0) is 0 Å². The van der Waals surface area contributed by atoms with E-state index in [4.69, 9.17) is 12.2 Å². The number of anilines is 1. The molecule has 0 bridgehead atoms. The first kappa shape index (κ1) is 16.1. The summed E-state index contributed by atoms with van der Waals surface area (Å²) in [4.78, 5) is 12.3. The number of rotatable bonds is 2. The number of fused-ring (bicyclic) bond motifs is 1. The first-order chi connectivity index (χ1) is 11.5. The highest BCUT2D eigenvalue weighted by Crippen LogP contribution is 2.18. The van der Waals surface area contributed by atoms with Crippen molar-refractivity contribution in [2.75, 3.05) is 5.32 Å². The van der Waals surface area contributed by atoms with Gasteiger partial charge in [0.05, 0.1) is 0 Å². The maximum absolute atomic E-state index is 12.3. The molecule has 0 aromatic heterocycles. The van der Waals surface area contributed by atoms with Crippen LogP contribution in [0.2, 0.25) is 0 Å². The summed E-state index contributed by atoms with van der Waals surface area (Å²) in [5.74, 6) is -0.208. The Kier molecular flexibility index (Phi) is 4.58. The molecule has 4 heteroatoms. The monoisotopic (exact) mass is 334 g/mol. The zero-order chi connectivity index (χ0) is 17.1. The second kappa shape index (κ2) is 6.81. The molecule has 24 heavy (non-hydrogen) atoms. The second-order valence-electron chi connectivity index (χ2n) is 5.85. The first-order valence-electron chi connectivity index (χ1n) is 7.71. The van der Waals surface area contributed by atoms with Crippen molar-refractivity contribution in [2.24, 2.45) is 0 Å². The molecule has 2 N–H and O–H groups in total. The fourth-order valence-electron chi connectivity index (χ4n) is 2.71. The quantitative estimate of drug-likeness (QED) is 0.674. The molecule has 3 aromatic carbocycles. The van der Waals surface area contributed by atoms with Crippen molar-refractivity contribution < 1.29 is 4.79 Å². The van der Waals surface area contributed by atoms with Gasteiger partial charge in [-0.25, -0.2) is 0 Å². The van der Waals surface area contributed by atoms with Crippen molar-refractivity contribution in [1.82, 2.24) is 5.32 Å². The molecular formula is C20H18N2OS. The lowest BCUT2D eigenvalue weighted by Gasteiger charge is -2.11. The Bertz CT molecular complexity index is 914. The largest absolute Gasteiger partial charge is 0.332 e. The zero-order valence-electron chi connectivity index (χ0n) is 13.6. The molecule has 0 radical (unpaired) electrons. The maximum Gasteiger partial charge on any atom is 0.257 e. The zero-order valence-corrected chi connectivity index (χ0v) is 14.4. The minimum Gasteiger partial charge on any atom is -0.332 e. The van der Waals surface area contributed by atoms with Crippen molar-refractivity contribution in [1.29, 1.82) is 0 Å². The van der Waals surface area contributed by atoms with Gasteiger partial charge in [-0.2, -0.15) is 0 Å². The molecule has 0 unspecified atom stereocenters. The van der Waals surface area contributed by atoms with E-state index in [0.29, 0.717) is 5.56 Å². The minimum atomic E-state index is -0.208. The van der Waals surface area contributed by atoms with E-state index in [1.54, 1.807) is 0 Å². The summed E-state index contributed by atoms with van der Waals surface area (Å²) in [6, 6.07) is 19.8. The molecular weight excluding hydrogens is 316 g/mol. The number of carbonyl (C=O) groups excluding carboxylic acids is 1. The number of hydrogen-bond donors (Lipinski definition) is 2. The molecule has 0 atom stereocenters. The lowest BCUT2D eigenvalue weighted by molar-refractivity contribution is 0.0977. The van der Waals surface area contributed by atoms with Crippen molar-refractivity contribution in [3.8, 4) is 0 Å². The van der Waals surface area contributed by atoms with Gasteiger partial charge in [-0.15, -0.1) is 0 Å². The Morgan fingerprint density at radius 2 is 1.54 bits per heavy atom. The molecule has 0 saturated heterocycles. The number of carbonyl (C=O) groups is 1. The smallest absolute Gasteiger partial charge is 0.257 e. The Hall–Kier alpha value is -2.72. The molecule has 0 fully saturated rings. The van der Waals surface area contributed by atoms with Gasteiger partial charge in [0.25, 0.3) is 5.91 Å². The average molecular weight is 334 g/mol. The number of nitrogens with one attached hydrogen (secondary N) is 2. The Morgan fingerprint density at radius 3 is 2.25 bits per heavy atom. The molecule has 3 nitrogen and oxygen atoms in total. The van der Waals surface area contributed by atoms with E-state index in [2.05, 4.69) is 16.7 Å². The molecule has 0 heterocycles. The van der Waals surface area contributed by atoms with E-state index in [9.17, 15) is 4.79 Å². The van der Waals surface area contributed by atoms with E-state index < -0.39 is 0 Å².